The Labute approximate surface area is 194 Å². The zero-order valence-corrected chi connectivity index (χ0v) is 18.5. The number of benzene rings is 1. The zero-order chi connectivity index (χ0) is 24.5. The third-order valence-electron chi connectivity index (χ3n) is 6.83. The van der Waals surface area contributed by atoms with Gasteiger partial charge in [0.05, 0.1) is 36.3 Å². The number of amides is 1. The molecule has 180 valence electrons. The van der Waals surface area contributed by atoms with Crippen molar-refractivity contribution in [3.05, 3.63) is 52.3 Å². The van der Waals surface area contributed by atoms with Crippen LogP contribution >= 0.6 is 0 Å². The highest BCUT2D eigenvalue weighted by Gasteiger charge is 2.41. The van der Waals surface area contributed by atoms with Crippen molar-refractivity contribution >= 4 is 11.9 Å². The minimum Gasteiger partial charge on any atom is -0.481 e. The molecule has 2 aromatic rings. The van der Waals surface area contributed by atoms with E-state index < -0.39 is 17.8 Å². The van der Waals surface area contributed by atoms with Gasteiger partial charge in [-0.15, -0.1) is 0 Å². The molecule has 1 saturated carbocycles. The number of aliphatic carboxylic acids is 1. The maximum atomic E-state index is 13.6. The van der Waals surface area contributed by atoms with Gasteiger partial charge in [-0.25, -0.2) is 0 Å². The van der Waals surface area contributed by atoms with Gasteiger partial charge < -0.3 is 10.0 Å². The van der Waals surface area contributed by atoms with Crippen molar-refractivity contribution in [3.63, 3.8) is 0 Å². The average Bonchev–Trinajstić information content (AvgIpc) is 3.18. The number of hydrogen-bond acceptors (Lipinski definition) is 4. The minimum atomic E-state index is -4.59. The third-order valence-corrected chi connectivity index (χ3v) is 6.83. The Kier molecular flexibility index (Phi) is 6.64. The Morgan fingerprint density at radius 3 is 2.41 bits per heavy atom. The lowest BCUT2D eigenvalue weighted by atomic mass is 9.80. The van der Waals surface area contributed by atoms with E-state index >= 15 is 0 Å². The monoisotopic (exact) mass is 474 g/mol. The van der Waals surface area contributed by atoms with Crippen LogP contribution < -0.4 is 0 Å². The van der Waals surface area contributed by atoms with Crippen molar-refractivity contribution in [2.45, 2.75) is 57.8 Å². The summed E-state index contributed by atoms with van der Waals surface area (Å²) in [6, 6.07) is 8.57. The average molecular weight is 474 g/mol. The largest absolute Gasteiger partial charge is 0.481 e. The van der Waals surface area contributed by atoms with E-state index in [2.05, 4.69) is 5.10 Å². The summed E-state index contributed by atoms with van der Waals surface area (Å²) in [6.07, 6.45) is -1.82. The number of hydrogen-bond donors (Lipinski definition) is 1. The molecule has 1 aromatic heterocycles. The van der Waals surface area contributed by atoms with E-state index in [-0.39, 0.29) is 55.8 Å². The molecule has 1 aliphatic heterocycles. The predicted molar refractivity (Wildman–Crippen MR) is 114 cm³/mol. The summed E-state index contributed by atoms with van der Waals surface area (Å²) in [5.41, 5.74) is 0.765. The molecule has 1 aliphatic carbocycles. The minimum absolute atomic E-state index is 0.0536. The molecule has 0 unspecified atom stereocenters. The Hall–Kier alpha value is -3.35. The Balaban J connectivity index is 1.50. The fourth-order valence-electron chi connectivity index (χ4n) is 4.90. The van der Waals surface area contributed by atoms with Gasteiger partial charge in [0.15, 0.2) is 5.69 Å². The highest BCUT2D eigenvalue weighted by molar-refractivity contribution is 5.77. The van der Waals surface area contributed by atoms with Gasteiger partial charge in [0, 0.05) is 18.5 Å². The standard InChI is InChI=1S/C24H25F3N4O3/c25-24(26,27)22-19-9-10-30(21(32)11-15-5-7-18(8-6-15)23(33)34)14-20(19)31(29-22)13-17-3-1-16(12-28)2-4-17/h1-4,15,18H,5-11,13-14H2,(H,33,34)/t15-,18+. The van der Waals surface area contributed by atoms with Crippen molar-refractivity contribution in [1.29, 1.82) is 5.26 Å². The number of aromatic nitrogens is 2. The molecule has 34 heavy (non-hydrogen) atoms. The van der Waals surface area contributed by atoms with E-state index in [1.807, 2.05) is 6.07 Å². The van der Waals surface area contributed by atoms with Crippen LogP contribution in [-0.4, -0.2) is 38.2 Å². The summed E-state index contributed by atoms with van der Waals surface area (Å²) in [5.74, 6) is -1.19. The summed E-state index contributed by atoms with van der Waals surface area (Å²) in [7, 11) is 0. The number of nitriles is 1. The van der Waals surface area contributed by atoms with Gasteiger partial charge in [-0.2, -0.15) is 23.5 Å². The van der Waals surface area contributed by atoms with Crippen LogP contribution in [0.15, 0.2) is 24.3 Å². The van der Waals surface area contributed by atoms with Crippen LogP contribution in [-0.2, 0) is 35.3 Å². The normalized spacial score (nSPS) is 20.5. The lowest BCUT2D eigenvalue weighted by Crippen LogP contribution is -2.38. The van der Waals surface area contributed by atoms with Gasteiger partial charge in [0.2, 0.25) is 5.91 Å². The van der Waals surface area contributed by atoms with Crippen LogP contribution in [0.25, 0.3) is 0 Å². The quantitative estimate of drug-likeness (QED) is 0.707. The first-order chi connectivity index (χ1) is 16.2. The molecule has 1 fully saturated rings. The third kappa shape index (κ3) is 5.08. The molecule has 0 atom stereocenters. The zero-order valence-electron chi connectivity index (χ0n) is 18.5. The van der Waals surface area contributed by atoms with Gasteiger partial charge in [-0.3, -0.25) is 14.3 Å². The number of carbonyl (C=O) groups excluding carboxylic acids is 1. The van der Waals surface area contributed by atoms with Gasteiger partial charge in [-0.1, -0.05) is 12.1 Å². The fourth-order valence-corrected chi connectivity index (χ4v) is 4.90. The van der Waals surface area contributed by atoms with E-state index in [4.69, 9.17) is 10.4 Å². The molecule has 7 nitrogen and oxygen atoms in total. The lowest BCUT2D eigenvalue weighted by Gasteiger charge is -2.31. The predicted octanol–water partition coefficient (Wildman–Crippen LogP) is 3.99. The second-order valence-electron chi connectivity index (χ2n) is 9.06. The molecule has 1 amide bonds. The number of fused-ring (bicyclic) bond motifs is 1. The van der Waals surface area contributed by atoms with Crippen molar-refractivity contribution in [1.82, 2.24) is 14.7 Å². The maximum absolute atomic E-state index is 13.6. The number of carbonyl (C=O) groups is 2. The SMILES string of the molecule is N#Cc1ccc(Cn2nc(C(F)(F)F)c3c2CN(C(=O)C[C@H]2CC[C@@H](C(=O)O)CC2)CC3)cc1. The van der Waals surface area contributed by atoms with E-state index in [1.54, 1.807) is 29.2 Å². The molecule has 0 saturated heterocycles. The van der Waals surface area contributed by atoms with E-state index in [9.17, 15) is 22.8 Å². The molecule has 2 heterocycles. The molecule has 1 N–H and O–H groups in total. The molecular weight excluding hydrogens is 449 g/mol. The molecule has 0 spiro atoms. The van der Waals surface area contributed by atoms with Crippen LogP contribution in [0.3, 0.4) is 0 Å². The van der Waals surface area contributed by atoms with E-state index in [1.165, 1.54) is 4.68 Å². The smallest absolute Gasteiger partial charge is 0.435 e. The van der Waals surface area contributed by atoms with Crippen molar-refractivity contribution in [2.75, 3.05) is 6.54 Å². The molecule has 0 bridgehead atoms. The first kappa shape index (κ1) is 23.8. The van der Waals surface area contributed by atoms with Crippen molar-refractivity contribution in [3.8, 4) is 6.07 Å². The van der Waals surface area contributed by atoms with Crippen LogP contribution in [0.4, 0.5) is 13.2 Å². The summed E-state index contributed by atoms with van der Waals surface area (Å²) in [6.45, 7) is 0.352. The lowest BCUT2D eigenvalue weighted by molar-refractivity contribution is -0.143. The summed E-state index contributed by atoms with van der Waals surface area (Å²) in [5, 5.41) is 22.0. The molecule has 1 aromatic carbocycles. The maximum Gasteiger partial charge on any atom is 0.435 e. The fraction of sp³-hybridized carbons (Fsp3) is 0.500. The summed E-state index contributed by atoms with van der Waals surface area (Å²) < 4.78 is 42.3. The highest BCUT2D eigenvalue weighted by Crippen LogP contribution is 2.36. The second-order valence-corrected chi connectivity index (χ2v) is 9.06. The molecule has 2 aliphatic rings. The van der Waals surface area contributed by atoms with Crippen LogP contribution in [0.1, 0.15) is 60.2 Å². The first-order valence-corrected chi connectivity index (χ1v) is 11.3. The first-order valence-electron chi connectivity index (χ1n) is 11.3. The Morgan fingerprint density at radius 2 is 1.82 bits per heavy atom. The summed E-state index contributed by atoms with van der Waals surface area (Å²) >= 11 is 0. The topological polar surface area (TPSA) is 99.2 Å². The molecule has 0 radical (unpaired) electrons. The van der Waals surface area contributed by atoms with Crippen LogP contribution in [0, 0.1) is 23.2 Å². The number of carboxylic acids is 1. The second kappa shape index (κ2) is 9.49. The van der Waals surface area contributed by atoms with Crippen molar-refractivity contribution in [2.24, 2.45) is 11.8 Å². The molecule has 10 heteroatoms. The van der Waals surface area contributed by atoms with Gasteiger partial charge in [-0.05, 0) is 55.7 Å². The van der Waals surface area contributed by atoms with Gasteiger partial charge in [0.1, 0.15) is 0 Å². The Morgan fingerprint density at radius 1 is 1.15 bits per heavy atom. The molecule has 4 rings (SSSR count). The van der Waals surface area contributed by atoms with Crippen molar-refractivity contribution < 1.29 is 27.9 Å². The molecular formula is C24H25F3N4O3. The number of rotatable bonds is 5. The van der Waals surface area contributed by atoms with E-state index in [0.717, 1.165) is 0 Å². The van der Waals surface area contributed by atoms with Gasteiger partial charge >= 0.3 is 12.1 Å². The number of nitrogens with zero attached hydrogens (tertiary/aromatic N) is 4. The number of alkyl halides is 3. The number of carboxylic acid groups (broad SMARTS) is 1. The van der Waals surface area contributed by atoms with Crippen LogP contribution in [0.5, 0.6) is 0 Å². The van der Waals surface area contributed by atoms with E-state index in [0.29, 0.717) is 42.5 Å². The number of halogens is 3. The highest BCUT2D eigenvalue weighted by atomic mass is 19.4. The Bertz CT molecular complexity index is 1110. The summed E-state index contributed by atoms with van der Waals surface area (Å²) in [4.78, 5) is 25.7. The van der Waals surface area contributed by atoms with Crippen LogP contribution in [0.2, 0.25) is 0 Å². The van der Waals surface area contributed by atoms with Gasteiger partial charge in [0.25, 0.3) is 0 Å².